The van der Waals surface area contributed by atoms with Crippen molar-refractivity contribution in [2.75, 3.05) is 0 Å². The zero-order valence-corrected chi connectivity index (χ0v) is 5.86. The normalized spacial score (nSPS) is 4.17. The molecule has 0 aromatic carbocycles. The number of rotatable bonds is 0. The summed E-state index contributed by atoms with van der Waals surface area (Å²) >= 11 is 0. The molecule has 0 aromatic heterocycles. The van der Waals surface area contributed by atoms with Crippen molar-refractivity contribution < 1.29 is 15.4 Å². The van der Waals surface area contributed by atoms with Gasteiger partial charge in [0.25, 0.3) is 5.97 Å². The van der Waals surface area contributed by atoms with E-state index in [9.17, 15) is 0 Å². The maximum Gasteiger partial charge on any atom is 0.300 e. The second kappa shape index (κ2) is 9.06. The van der Waals surface area contributed by atoms with Crippen LogP contribution in [0.25, 0.3) is 0 Å². The quantitative estimate of drug-likeness (QED) is 0.393. The molecule has 4 heteroatoms. The van der Waals surface area contributed by atoms with E-state index in [1.807, 2.05) is 0 Å². The summed E-state index contributed by atoms with van der Waals surface area (Å²) in [5.74, 6) is -0.833. The van der Waals surface area contributed by atoms with E-state index in [0.29, 0.717) is 0 Å². The number of carboxylic acid groups (broad SMARTS) is 1. The summed E-state index contributed by atoms with van der Waals surface area (Å²) in [6.45, 7) is 1.08. The van der Waals surface area contributed by atoms with Gasteiger partial charge in [0.2, 0.25) is 0 Å². The molecule has 0 unspecified atom stereocenters. The molecule has 0 heterocycles. The fraction of sp³-hybridized carbons (Fsp3) is 0.500. The van der Waals surface area contributed by atoms with E-state index in [1.54, 1.807) is 0 Å². The Bertz CT molecular complexity index is 31.8. The minimum Gasteiger partial charge on any atom is -0.481 e. The molecule has 3 nitrogen and oxygen atoms in total. The molecule has 0 aliphatic heterocycles. The van der Waals surface area contributed by atoms with Crippen molar-refractivity contribution in [2.24, 2.45) is 0 Å². The van der Waals surface area contributed by atoms with Gasteiger partial charge in [0, 0.05) is 36.5 Å². The topological polar surface area (TPSA) is 68.8 Å². The van der Waals surface area contributed by atoms with Crippen molar-refractivity contribution in [3.63, 3.8) is 0 Å². The second-order valence-electron chi connectivity index (χ2n) is 0.519. The first-order valence-electron chi connectivity index (χ1n) is 0.928. The summed E-state index contributed by atoms with van der Waals surface area (Å²) in [5, 5.41) is 7.42. The fourth-order valence-corrected chi connectivity index (χ4v) is 0. The molecule has 0 fully saturated rings. The van der Waals surface area contributed by atoms with Crippen molar-refractivity contribution in [3.8, 4) is 0 Å². The largest absolute Gasteiger partial charge is 0.481 e. The molecule has 0 aromatic rings. The van der Waals surface area contributed by atoms with Gasteiger partial charge >= 0.3 is 0 Å². The van der Waals surface area contributed by atoms with Gasteiger partial charge < -0.3 is 10.6 Å². The first-order valence-corrected chi connectivity index (χ1v) is 0.928. The molecule has 0 amide bonds. The van der Waals surface area contributed by atoms with E-state index >= 15 is 0 Å². The molecular formula is C2H6NaO3. The second-order valence-corrected chi connectivity index (χ2v) is 0.519. The summed E-state index contributed by atoms with van der Waals surface area (Å²) in [6.07, 6.45) is 0. The van der Waals surface area contributed by atoms with Crippen LogP contribution in [0.1, 0.15) is 6.92 Å². The third-order valence-electron chi connectivity index (χ3n) is 0. The van der Waals surface area contributed by atoms with Gasteiger partial charge in [0.15, 0.2) is 0 Å². The minimum atomic E-state index is -0.833. The first-order chi connectivity index (χ1) is 1.73. The maximum atomic E-state index is 9.00. The SMILES string of the molecule is CC(=O)O.O.[Na]. The van der Waals surface area contributed by atoms with Gasteiger partial charge in [0.1, 0.15) is 0 Å². The molecule has 0 atom stereocenters. The molecule has 0 spiro atoms. The predicted molar refractivity (Wildman–Crippen MR) is 22.7 cm³/mol. The van der Waals surface area contributed by atoms with Crippen LogP contribution in [0.3, 0.4) is 0 Å². The minimum absolute atomic E-state index is 0. The van der Waals surface area contributed by atoms with Gasteiger partial charge in [-0.3, -0.25) is 4.79 Å². The number of hydrogen-bond acceptors (Lipinski definition) is 1. The van der Waals surface area contributed by atoms with Crippen LogP contribution < -0.4 is 0 Å². The molecule has 3 N–H and O–H groups in total. The van der Waals surface area contributed by atoms with Crippen molar-refractivity contribution in [1.29, 1.82) is 0 Å². The molecule has 0 saturated heterocycles. The molecule has 0 saturated carbocycles. The maximum absolute atomic E-state index is 9.00. The summed E-state index contributed by atoms with van der Waals surface area (Å²) in [4.78, 5) is 9.00. The van der Waals surface area contributed by atoms with Crippen LogP contribution in [-0.4, -0.2) is 46.1 Å². The first kappa shape index (κ1) is 16.1. The Morgan fingerprint density at radius 1 is 1.67 bits per heavy atom. The Balaban J connectivity index is -0.0000000450. The molecule has 6 heavy (non-hydrogen) atoms. The van der Waals surface area contributed by atoms with Gasteiger partial charge in [-0.1, -0.05) is 0 Å². The van der Waals surface area contributed by atoms with Crippen molar-refractivity contribution in [3.05, 3.63) is 0 Å². The van der Waals surface area contributed by atoms with E-state index in [-0.39, 0.29) is 35.0 Å². The van der Waals surface area contributed by atoms with Crippen LogP contribution in [0.2, 0.25) is 0 Å². The zero-order valence-electron chi connectivity index (χ0n) is 3.86. The number of aliphatic carboxylic acids is 1. The van der Waals surface area contributed by atoms with Crippen LogP contribution in [0.5, 0.6) is 0 Å². The summed E-state index contributed by atoms with van der Waals surface area (Å²) in [7, 11) is 0. The molecule has 0 bridgehead atoms. The third-order valence-corrected chi connectivity index (χ3v) is 0. The molecule has 0 aliphatic rings. The molecular weight excluding hydrogens is 95.0 g/mol. The van der Waals surface area contributed by atoms with Crippen LogP contribution in [0.4, 0.5) is 0 Å². The number of hydrogen-bond donors (Lipinski definition) is 1. The van der Waals surface area contributed by atoms with E-state index in [2.05, 4.69) is 0 Å². The van der Waals surface area contributed by atoms with Crippen LogP contribution in [-0.2, 0) is 4.79 Å². The van der Waals surface area contributed by atoms with E-state index in [1.165, 1.54) is 0 Å². The van der Waals surface area contributed by atoms with Gasteiger partial charge in [0.05, 0.1) is 0 Å². The van der Waals surface area contributed by atoms with E-state index in [0.717, 1.165) is 6.92 Å². The van der Waals surface area contributed by atoms with Crippen molar-refractivity contribution in [1.82, 2.24) is 0 Å². The van der Waals surface area contributed by atoms with Gasteiger partial charge in [-0.2, -0.15) is 0 Å². The molecule has 0 aliphatic carbocycles. The zero-order chi connectivity index (χ0) is 3.58. The Hall–Kier alpha value is 0.430. The van der Waals surface area contributed by atoms with Crippen LogP contribution in [0.15, 0.2) is 0 Å². The van der Waals surface area contributed by atoms with E-state index < -0.39 is 5.97 Å². The third kappa shape index (κ3) is 282. The number of carbonyl (C=O) groups is 1. The monoisotopic (exact) mass is 101 g/mol. The smallest absolute Gasteiger partial charge is 0.300 e. The Labute approximate surface area is 58.0 Å². The predicted octanol–water partition coefficient (Wildman–Crippen LogP) is -1.11. The Morgan fingerprint density at radius 3 is 1.67 bits per heavy atom. The average Bonchev–Trinajstić information content (AvgIpc) is 0.811. The van der Waals surface area contributed by atoms with Crippen LogP contribution in [0, 0.1) is 0 Å². The van der Waals surface area contributed by atoms with Crippen molar-refractivity contribution in [2.45, 2.75) is 6.92 Å². The molecule has 0 rings (SSSR count). The Morgan fingerprint density at radius 2 is 1.67 bits per heavy atom. The fourth-order valence-electron chi connectivity index (χ4n) is 0. The molecule has 33 valence electrons. The average molecular weight is 101 g/mol. The van der Waals surface area contributed by atoms with Gasteiger partial charge in [-0.25, -0.2) is 0 Å². The van der Waals surface area contributed by atoms with Gasteiger partial charge in [-0.05, 0) is 0 Å². The van der Waals surface area contributed by atoms with Crippen LogP contribution >= 0.6 is 0 Å². The Kier molecular flexibility index (Phi) is 24.3. The van der Waals surface area contributed by atoms with Gasteiger partial charge in [-0.15, -0.1) is 0 Å². The summed E-state index contributed by atoms with van der Waals surface area (Å²) in [5.41, 5.74) is 0. The van der Waals surface area contributed by atoms with Crippen molar-refractivity contribution >= 4 is 35.5 Å². The summed E-state index contributed by atoms with van der Waals surface area (Å²) in [6, 6.07) is 0. The number of carboxylic acids is 1. The van der Waals surface area contributed by atoms with E-state index in [4.69, 9.17) is 9.90 Å². The summed E-state index contributed by atoms with van der Waals surface area (Å²) < 4.78 is 0. The molecule has 1 radical (unpaired) electrons. The standard InChI is InChI=1S/C2H4O2.Na.H2O/c1-2(3)4;;/h1H3,(H,3,4);;1H2.